The minimum absolute atomic E-state index is 0.0731. The monoisotopic (exact) mass is 494 g/mol. The Hall–Kier alpha value is -4.11. The molecular formula is C25H23ClN4O5. The second kappa shape index (κ2) is 10.0. The smallest absolute Gasteiger partial charge is 0.264 e. The largest absolute Gasteiger partial charge is 0.497 e. The van der Waals surface area contributed by atoms with E-state index in [4.69, 9.17) is 25.6 Å². The van der Waals surface area contributed by atoms with Crippen LogP contribution in [-0.4, -0.2) is 34.8 Å². The van der Waals surface area contributed by atoms with Crippen molar-refractivity contribution in [3.8, 4) is 34.3 Å². The van der Waals surface area contributed by atoms with E-state index in [0.29, 0.717) is 44.9 Å². The summed E-state index contributed by atoms with van der Waals surface area (Å²) >= 11 is 6.04. The number of pyridine rings is 1. The number of carbonyl (C=O) groups excluding carboxylic acids is 1. The molecule has 0 aliphatic heterocycles. The number of halogens is 1. The fourth-order valence-corrected chi connectivity index (χ4v) is 3.85. The third-order valence-electron chi connectivity index (χ3n) is 5.43. The highest BCUT2D eigenvalue weighted by Crippen LogP contribution is 2.28. The van der Waals surface area contributed by atoms with Gasteiger partial charge >= 0.3 is 0 Å². The van der Waals surface area contributed by atoms with Gasteiger partial charge in [-0.1, -0.05) is 16.8 Å². The van der Waals surface area contributed by atoms with E-state index in [1.165, 1.54) is 11.7 Å². The molecule has 2 aromatic heterocycles. The number of nitrogens with zero attached hydrogens (tertiary/aromatic N) is 3. The van der Waals surface area contributed by atoms with Crippen molar-refractivity contribution in [2.45, 2.75) is 20.4 Å². The lowest BCUT2D eigenvalue weighted by Crippen LogP contribution is -2.30. The molecule has 0 atom stereocenters. The minimum atomic E-state index is -0.421. The Morgan fingerprint density at radius 1 is 1.09 bits per heavy atom. The summed E-state index contributed by atoms with van der Waals surface area (Å²) in [6, 6.07) is 13.8. The average molecular weight is 495 g/mol. The molecule has 0 saturated carbocycles. The van der Waals surface area contributed by atoms with Crippen LogP contribution >= 0.6 is 11.6 Å². The van der Waals surface area contributed by atoms with Gasteiger partial charge in [0.15, 0.2) is 0 Å². The second-order valence-corrected chi connectivity index (χ2v) is 8.22. The van der Waals surface area contributed by atoms with Crippen molar-refractivity contribution in [1.29, 1.82) is 0 Å². The normalized spacial score (nSPS) is 10.8. The van der Waals surface area contributed by atoms with Crippen molar-refractivity contribution in [3.05, 3.63) is 75.2 Å². The van der Waals surface area contributed by atoms with Gasteiger partial charge in [0.25, 0.3) is 11.4 Å². The van der Waals surface area contributed by atoms with Gasteiger partial charge in [-0.15, -0.1) is 0 Å². The zero-order chi connectivity index (χ0) is 25.1. The molecule has 0 spiro atoms. The number of anilines is 1. The Morgan fingerprint density at radius 2 is 1.83 bits per heavy atom. The predicted octanol–water partition coefficient (Wildman–Crippen LogP) is 4.49. The Balaban J connectivity index is 1.64. The van der Waals surface area contributed by atoms with Crippen LogP contribution in [0.3, 0.4) is 0 Å². The van der Waals surface area contributed by atoms with Gasteiger partial charge in [-0.05, 0) is 67.9 Å². The summed E-state index contributed by atoms with van der Waals surface area (Å²) < 4.78 is 17.2. The molecule has 0 aliphatic carbocycles. The molecule has 4 aromatic rings. The molecular weight excluding hydrogens is 472 g/mol. The summed E-state index contributed by atoms with van der Waals surface area (Å²) in [5.74, 6) is 1.13. The lowest BCUT2D eigenvalue weighted by atomic mass is 10.1. The molecule has 180 valence electrons. The van der Waals surface area contributed by atoms with Crippen molar-refractivity contribution in [1.82, 2.24) is 14.7 Å². The molecule has 1 amide bonds. The van der Waals surface area contributed by atoms with Crippen LogP contribution in [0.1, 0.15) is 11.3 Å². The van der Waals surface area contributed by atoms with Gasteiger partial charge in [0.2, 0.25) is 11.7 Å². The van der Waals surface area contributed by atoms with Gasteiger partial charge in [-0.25, -0.2) is 0 Å². The standard InChI is InChI=1S/C25H23ClN4O5/c1-14-11-15(2)30(13-21(31)27-19-12-17(26)7-10-20(19)34-4)25(32)22(14)24-28-23(29-35-24)16-5-8-18(33-3)9-6-16/h5-12H,13H2,1-4H3,(H,27,31). The number of hydrogen-bond donors (Lipinski definition) is 1. The lowest BCUT2D eigenvalue weighted by molar-refractivity contribution is -0.116. The first-order valence-corrected chi connectivity index (χ1v) is 11.0. The van der Waals surface area contributed by atoms with Gasteiger partial charge in [0.1, 0.15) is 23.6 Å². The highest BCUT2D eigenvalue weighted by molar-refractivity contribution is 6.31. The summed E-state index contributed by atoms with van der Waals surface area (Å²) in [6.45, 7) is 3.30. The minimum Gasteiger partial charge on any atom is -0.497 e. The number of aromatic nitrogens is 3. The summed E-state index contributed by atoms with van der Waals surface area (Å²) in [6.07, 6.45) is 0. The summed E-state index contributed by atoms with van der Waals surface area (Å²) in [5.41, 5.74) is 2.20. The van der Waals surface area contributed by atoms with Crippen LogP contribution in [-0.2, 0) is 11.3 Å². The average Bonchev–Trinajstić information content (AvgIpc) is 3.31. The fourth-order valence-electron chi connectivity index (χ4n) is 3.68. The van der Waals surface area contributed by atoms with E-state index in [-0.39, 0.29) is 18.0 Å². The number of aryl methyl sites for hydroxylation is 2. The van der Waals surface area contributed by atoms with Crippen LogP contribution in [0.15, 0.2) is 57.8 Å². The van der Waals surface area contributed by atoms with Gasteiger partial charge in [-0.3, -0.25) is 9.59 Å². The van der Waals surface area contributed by atoms with E-state index < -0.39 is 11.5 Å². The van der Waals surface area contributed by atoms with Gasteiger partial charge in [0.05, 0.1) is 19.9 Å². The van der Waals surface area contributed by atoms with Gasteiger partial charge < -0.3 is 23.9 Å². The van der Waals surface area contributed by atoms with Gasteiger partial charge in [0, 0.05) is 16.3 Å². The number of amides is 1. The Bertz CT molecular complexity index is 1440. The summed E-state index contributed by atoms with van der Waals surface area (Å²) in [5, 5.41) is 7.20. The first-order valence-electron chi connectivity index (χ1n) is 10.6. The number of methoxy groups -OCH3 is 2. The maximum Gasteiger partial charge on any atom is 0.264 e. The van der Waals surface area contributed by atoms with Crippen LogP contribution in [0.25, 0.3) is 22.8 Å². The van der Waals surface area contributed by atoms with Gasteiger partial charge in [-0.2, -0.15) is 4.98 Å². The molecule has 4 rings (SSSR count). The van der Waals surface area contributed by atoms with Crippen LogP contribution in [0.5, 0.6) is 11.5 Å². The third kappa shape index (κ3) is 5.04. The molecule has 35 heavy (non-hydrogen) atoms. The van der Waals surface area contributed by atoms with E-state index >= 15 is 0 Å². The molecule has 0 radical (unpaired) electrons. The predicted molar refractivity (Wildman–Crippen MR) is 132 cm³/mol. The molecule has 0 aliphatic rings. The maximum absolute atomic E-state index is 13.4. The molecule has 0 fully saturated rings. The van der Waals surface area contributed by atoms with Crippen LogP contribution in [0.2, 0.25) is 5.02 Å². The highest BCUT2D eigenvalue weighted by atomic mass is 35.5. The number of carbonyl (C=O) groups is 1. The van der Waals surface area contributed by atoms with Crippen LogP contribution in [0, 0.1) is 13.8 Å². The second-order valence-electron chi connectivity index (χ2n) is 7.78. The Morgan fingerprint density at radius 3 is 2.51 bits per heavy atom. The SMILES string of the molecule is COc1ccc(-c2noc(-c3c(C)cc(C)n(CC(=O)Nc4cc(Cl)ccc4OC)c3=O)n2)cc1. The van der Waals surface area contributed by atoms with Crippen molar-refractivity contribution in [2.75, 3.05) is 19.5 Å². The van der Waals surface area contributed by atoms with E-state index in [9.17, 15) is 9.59 Å². The molecule has 0 unspecified atom stereocenters. The van der Waals surface area contributed by atoms with E-state index in [0.717, 1.165) is 0 Å². The van der Waals surface area contributed by atoms with E-state index in [2.05, 4.69) is 15.5 Å². The molecule has 10 heteroatoms. The molecule has 2 heterocycles. The Labute approximate surface area is 206 Å². The van der Waals surface area contributed by atoms with Crippen molar-refractivity contribution in [3.63, 3.8) is 0 Å². The zero-order valence-electron chi connectivity index (χ0n) is 19.6. The Kier molecular flexibility index (Phi) is 6.88. The molecule has 0 bridgehead atoms. The number of ether oxygens (including phenoxy) is 2. The molecule has 1 N–H and O–H groups in total. The highest BCUT2D eigenvalue weighted by Gasteiger charge is 2.20. The van der Waals surface area contributed by atoms with Crippen molar-refractivity contribution < 1.29 is 18.8 Å². The summed E-state index contributed by atoms with van der Waals surface area (Å²) in [7, 11) is 3.07. The van der Waals surface area contributed by atoms with Crippen molar-refractivity contribution in [2.24, 2.45) is 0 Å². The lowest BCUT2D eigenvalue weighted by Gasteiger charge is -2.14. The topological polar surface area (TPSA) is 108 Å². The fraction of sp³-hybridized carbons (Fsp3) is 0.200. The van der Waals surface area contributed by atoms with E-state index in [1.54, 1.807) is 69.5 Å². The molecule has 2 aromatic carbocycles. The number of nitrogens with one attached hydrogen (secondary N) is 1. The summed E-state index contributed by atoms with van der Waals surface area (Å²) in [4.78, 5) is 30.6. The number of benzene rings is 2. The van der Waals surface area contributed by atoms with Crippen LogP contribution < -0.4 is 20.3 Å². The maximum atomic E-state index is 13.4. The molecule has 9 nitrogen and oxygen atoms in total. The number of rotatable bonds is 7. The first-order chi connectivity index (χ1) is 16.8. The zero-order valence-corrected chi connectivity index (χ0v) is 20.3. The number of hydrogen-bond acceptors (Lipinski definition) is 7. The first kappa shape index (κ1) is 24.0. The quantitative estimate of drug-likeness (QED) is 0.403. The van der Waals surface area contributed by atoms with Crippen LogP contribution in [0.4, 0.5) is 5.69 Å². The molecule has 0 saturated heterocycles. The van der Waals surface area contributed by atoms with E-state index in [1.807, 2.05) is 0 Å². The van der Waals surface area contributed by atoms with Crippen molar-refractivity contribution >= 4 is 23.2 Å². The third-order valence-corrected chi connectivity index (χ3v) is 5.67.